The van der Waals surface area contributed by atoms with E-state index in [0.717, 1.165) is 30.8 Å². The lowest BCUT2D eigenvalue weighted by atomic mass is 10.1. The first-order valence-corrected chi connectivity index (χ1v) is 7.58. The summed E-state index contributed by atoms with van der Waals surface area (Å²) in [7, 11) is 1.66. The molecule has 2 aliphatic carbocycles. The molecule has 1 aromatic carbocycles. The maximum Gasteiger partial charge on any atom is 0.312 e. The second-order valence-corrected chi connectivity index (χ2v) is 5.89. The molecule has 2 aliphatic rings. The number of carbonyl (C=O) groups excluding carboxylic acids is 1. The molecule has 0 unspecified atom stereocenters. The Morgan fingerprint density at radius 1 is 1.29 bits per heavy atom. The third-order valence-electron chi connectivity index (χ3n) is 4.33. The molecule has 2 atom stereocenters. The minimum atomic E-state index is -0.460. The highest BCUT2D eigenvalue weighted by atomic mass is 16.5. The van der Waals surface area contributed by atoms with Gasteiger partial charge in [0, 0.05) is 12.0 Å². The summed E-state index contributed by atoms with van der Waals surface area (Å²) in [6.45, 7) is 0. The maximum atomic E-state index is 10.9. The van der Waals surface area contributed by atoms with Gasteiger partial charge in [0.15, 0.2) is 11.5 Å². The highest BCUT2D eigenvalue weighted by molar-refractivity contribution is 5.72. The minimum Gasteiger partial charge on any atom is -0.493 e. The third-order valence-corrected chi connectivity index (χ3v) is 4.33. The van der Waals surface area contributed by atoms with Crippen LogP contribution >= 0.6 is 0 Å². The Kier molecular flexibility index (Phi) is 3.90. The standard InChI is InChI=1S/C16H22N2O3/c1-20-14-7-6-10(12-9-13(12)18-16(17)19)8-15(14)21-11-4-2-3-5-11/h6-8,11-13H,2-5,9H2,1H3,(H3,17,18,19)/t12-,13+/m0/s1. The van der Waals surface area contributed by atoms with Gasteiger partial charge < -0.3 is 20.5 Å². The van der Waals surface area contributed by atoms with Gasteiger partial charge in [-0.3, -0.25) is 0 Å². The van der Waals surface area contributed by atoms with Gasteiger partial charge in [-0.2, -0.15) is 0 Å². The van der Waals surface area contributed by atoms with Crippen LogP contribution in [-0.2, 0) is 0 Å². The van der Waals surface area contributed by atoms with Crippen LogP contribution in [0.5, 0.6) is 11.5 Å². The molecule has 3 N–H and O–H groups in total. The first kappa shape index (κ1) is 14.0. The van der Waals surface area contributed by atoms with Crippen LogP contribution in [0.15, 0.2) is 18.2 Å². The molecule has 5 heteroatoms. The predicted octanol–water partition coefficient (Wildman–Crippen LogP) is 2.54. The van der Waals surface area contributed by atoms with Crippen LogP contribution in [0.3, 0.4) is 0 Å². The monoisotopic (exact) mass is 290 g/mol. The van der Waals surface area contributed by atoms with Gasteiger partial charge in [0.25, 0.3) is 0 Å². The van der Waals surface area contributed by atoms with Crippen molar-refractivity contribution < 1.29 is 14.3 Å². The van der Waals surface area contributed by atoms with Gasteiger partial charge in [-0.15, -0.1) is 0 Å². The van der Waals surface area contributed by atoms with Gasteiger partial charge in [-0.25, -0.2) is 4.79 Å². The molecular weight excluding hydrogens is 268 g/mol. The number of methoxy groups -OCH3 is 1. The van der Waals surface area contributed by atoms with Crippen molar-refractivity contribution in [3.63, 3.8) is 0 Å². The van der Waals surface area contributed by atoms with E-state index in [-0.39, 0.29) is 6.04 Å². The zero-order chi connectivity index (χ0) is 14.8. The van der Waals surface area contributed by atoms with Gasteiger partial charge in [0.2, 0.25) is 0 Å². The van der Waals surface area contributed by atoms with Crippen molar-refractivity contribution in [2.24, 2.45) is 5.73 Å². The van der Waals surface area contributed by atoms with Gasteiger partial charge in [-0.1, -0.05) is 6.07 Å². The van der Waals surface area contributed by atoms with E-state index in [0.29, 0.717) is 12.0 Å². The maximum absolute atomic E-state index is 10.9. The summed E-state index contributed by atoms with van der Waals surface area (Å²) >= 11 is 0. The number of ether oxygens (including phenoxy) is 2. The van der Waals surface area contributed by atoms with E-state index in [1.54, 1.807) is 7.11 Å². The Morgan fingerprint density at radius 3 is 2.71 bits per heavy atom. The van der Waals surface area contributed by atoms with E-state index in [2.05, 4.69) is 5.32 Å². The first-order valence-electron chi connectivity index (χ1n) is 7.58. The van der Waals surface area contributed by atoms with Crippen molar-refractivity contribution >= 4 is 6.03 Å². The molecule has 3 rings (SSSR count). The number of nitrogens with one attached hydrogen (secondary N) is 1. The largest absolute Gasteiger partial charge is 0.493 e. The predicted molar refractivity (Wildman–Crippen MR) is 79.7 cm³/mol. The molecule has 0 spiro atoms. The summed E-state index contributed by atoms with van der Waals surface area (Å²) in [5.41, 5.74) is 6.33. The summed E-state index contributed by atoms with van der Waals surface area (Å²) in [4.78, 5) is 10.9. The second-order valence-electron chi connectivity index (χ2n) is 5.89. The SMILES string of the molecule is COc1ccc([C@@H]2C[C@H]2NC(N)=O)cc1OC1CCCC1. The van der Waals surface area contributed by atoms with E-state index in [9.17, 15) is 4.79 Å². The second kappa shape index (κ2) is 5.84. The summed E-state index contributed by atoms with van der Waals surface area (Å²) < 4.78 is 11.5. The van der Waals surface area contributed by atoms with Gasteiger partial charge in [0.05, 0.1) is 13.2 Å². The summed E-state index contributed by atoms with van der Waals surface area (Å²) in [6, 6.07) is 5.71. The van der Waals surface area contributed by atoms with Crippen LogP contribution in [0, 0.1) is 0 Å². The number of carbonyl (C=O) groups is 1. The molecule has 0 aliphatic heterocycles. The number of benzene rings is 1. The molecule has 0 bridgehead atoms. The molecule has 0 saturated heterocycles. The van der Waals surface area contributed by atoms with E-state index < -0.39 is 6.03 Å². The number of hydrogen-bond donors (Lipinski definition) is 2. The fourth-order valence-corrected chi connectivity index (χ4v) is 3.11. The van der Waals surface area contributed by atoms with Crippen molar-refractivity contribution in [1.29, 1.82) is 0 Å². The van der Waals surface area contributed by atoms with Crippen LogP contribution in [0.1, 0.15) is 43.6 Å². The quantitative estimate of drug-likeness (QED) is 0.875. The number of urea groups is 1. The molecule has 0 aromatic heterocycles. The smallest absolute Gasteiger partial charge is 0.312 e. The lowest BCUT2D eigenvalue weighted by molar-refractivity contribution is 0.200. The van der Waals surface area contributed by atoms with Gasteiger partial charge in [0.1, 0.15) is 0 Å². The summed E-state index contributed by atoms with van der Waals surface area (Å²) in [6.07, 6.45) is 5.93. The Labute approximate surface area is 124 Å². The normalized spacial score (nSPS) is 24.6. The van der Waals surface area contributed by atoms with Crippen molar-refractivity contribution in [3.05, 3.63) is 23.8 Å². The Balaban J connectivity index is 1.72. The molecule has 2 saturated carbocycles. The molecule has 2 fully saturated rings. The Morgan fingerprint density at radius 2 is 2.05 bits per heavy atom. The molecule has 114 valence electrons. The Hall–Kier alpha value is -1.91. The zero-order valence-electron chi connectivity index (χ0n) is 12.3. The lowest BCUT2D eigenvalue weighted by Gasteiger charge is -2.17. The third kappa shape index (κ3) is 3.23. The summed E-state index contributed by atoms with van der Waals surface area (Å²) in [5.74, 6) is 1.91. The molecule has 0 heterocycles. The van der Waals surface area contributed by atoms with Gasteiger partial charge in [-0.05, 0) is 49.8 Å². The average Bonchev–Trinajstić information content (AvgIpc) is 3.01. The fraction of sp³-hybridized carbons (Fsp3) is 0.562. The van der Waals surface area contributed by atoms with Crippen LogP contribution in [0.25, 0.3) is 0 Å². The first-order chi connectivity index (χ1) is 10.2. The van der Waals surface area contributed by atoms with E-state index in [1.165, 1.54) is 18.4 Å². The fourth-order valence-electron chi connectivity index (χ4n) is 3.11. The number of nitrogens with two attached hydrogens (primary N) is 1. The van der Waals surface area contributed by atoms with Crippen LogP contribution in [0.4, 0.5) is 4.79 Å². The molecule has 0 radical (unpaired) electrons. The van der Waals surface area contributed by atoms with Crippen LogP contribution in [-0.4, -0.2) is 25.3 Å². The van der Waals surface area contributed by atoms with Crippen LogP contribution < -0.4 is 20.5 Å². The van der Waals surface area contributed by atoms with Crippen molar-refractivity contribution in [2.75, 3.05) is 7.11 Å². The topological polar surface area (TPSA) is 73.6 Å². The number of rotatable bonds is 5. The number of amides is 2. The van der Waals surface area contributed by atoms with Gasteiger partial charge >= 0.3 is 6.03 Å². The average molecular weight is 290 g/mol. The van der Waals surface area contributed by atoms with E-state index in [4.69, 9.17) is 15.2 Å². The molecule has 5 nitrogen and oxygen atoms in total. The highest BCUT2D eigenvalue weighted by Gasteiger charge is 2.39. The van der Waals surface area contributed by atoms with Crippen molar-refractivity contribution in [2.45, 2.75) is 50.2 Å². The Bertz CT molecular complexity index is 526. The number of hydrogen-bond acceptors (Lipinski definition) is 3. The summed E-state index contributed by atoms with van der Waals surface area (Å²) in [5, 5.41) is 2.75. The molecule has 2 amide bonds. The molecule has 21 heavy (non-hydrogen) atoms. The minimum absolute atomic E-state index is 0.148. The molecule has 1 aromatic rings. The van der Waals surface area contributed by atoms with Crippen molar-refractivity contribution in [1.82, 2.24) is 5.32 Å². The highest BCUT2D eigenvalue weighted by Crippen LogP contribution is 2.44. The molecular formula is C16H22N2O3. The lowest BCUT2D eigenvalue weighted by Crippen LogP contribution is -2.31. The van der Waals surface area contributed by atoms with Crippen molar-refractivity contribution in [3.8, 4) is 11.5 Å². The number of primary amides is 1. The zero-order valence-corrected chi connectivity index (χ0v) is 12.3. The van der Waals surface area contributed by atoms with E-state index in [1.807, 2.05) is 18.2 Å². The van der Waals surface area contributed by atoms with Crippen LogP contribution in [0.2, 0.25) is 0 Å². The van der Waals surface area contributed by atoms with E-state index >= 15 is 0 Å².